The number of carboxylic acids is 1. The summed E-state index contributed by atoms with van der Waals surface area (Å²) in [6.07, 6.45) is 2.53. The summed E-state index contributed by atoms with van der Waals surface area (Å²) in [6, 6.07) is 0.439. The third-order valence-corrected chi connectivity index (χ3v) is 3.11. The van der Waals surface area contributed by atoms with Crippen LogP contribution in [-0.4, -0.2) is 61.4 Å². The zero-order valence-electron chi connectivity index (χ0n) is 10.3. The highest BCUT2D eigenvalue weighted by atomic mass is 16.5. The summed E-state index contributed by atoms with van der Waals surface area (Å²) in [5.74, 6) is -0.858. The van der Waals surface area contributed by atoms with E-state index in [1.165, 1.54) is 20.0 Å². The predicted molar refractivity (Wildman–Crippen MR) is 61.5 cm³/mol. The van der Waals surface area contributed by atoms with Crippen LogP contribution >= 0.6 is 0 Å². The molecule has 1 rings (SSSR count). The molecule has 2 atom stereocenters. The minimum absolute atomic E-state index is 0.204. The van der Waals surface area contributed by atoms with Crippen LogP contribution in [0, 0.1) is 0 Å². The van der Waals surface area contributed by atoms with Crippen molar-refractivity contribution < 1.29 is 14.6 Å². The number of nitrogens with one attached hydrogen (secondary N) is 1. The molecule has 0 radical (unpaired) electrons. The molecule has 1 fully saturated rings. The first-order valence-electron chi connectivity index (χ1n) is 5.73. The standard InChI is InChI=1S/C11H22N2O3/c1-8(13(2)9-4-5-9)6-12-10(7-16-3)11(14)15/h8-10,12H,4-7H2,1-3H3,(H,14,15). The van der Waals surface area contributed by atoms with Gasteiger partial charge in [-0.05, 0) is 26.8 Å². The van der Waals surface area contributed by atoms with Crippen molar-refractivity contribution in [1.82, 2.24) is 10.2 Å². The molecule has 0 aliphatic heterocycles. The van der Waals surface area contributed by atoms with Gasteiger partial charge in [-0.1, -0.05) is 0 Å². The Bertz CT molecular complexity index is 231. The van der Waals surface area contributed by atoms with Gasteiger partial charge in [-0.2, -0.15) is 0 Å². The van der Waals surface area contributed by atoms with Gasteiger partial charge in [0.25, 0.3) is 0 Å². The van der Waals surface area contributed by atoms with Crippen LogP contribution < -0.4 is 5.32 Å². The molecule has 2 N–H and O–H groups in total. The normalized spacial score (nSPS) is 19.8. The molecule has 5 heteroatoms. The van der Waals surface area contributed by atoms with Crippen molar-refractivity contribution in [1.29, 1.82) is 0 Å². The van der Waals surface area contributed by atoms with Gasteiger partial charge in [0.2, 0.25) is 0 Å². The molecule has 0 bridgehead atoms. The monoisotopic (exact) mass is 230 g/mol. The zero-order valence-corrected chi connectivity index (χ0v) is 10.3. The van der Waals surface area contributed by atoms with E-state index in [0.29, 0.717) is 18.6 Å². The van der Waals surface area contributed by atoms with Crippen LogP contribution in [0.3, 0.4) is 0 Å². The second-order valence-electron chi connectivity index (χ2n) is 4.50. The van der Waals surface area contributed by atoms with E-state index >= 15 is 0 Å². The van der Waals surface area contributed by atoms with Crippen molar-refractivity contribution in [3.63, 3.8) is 0 Å². The number of nitrogens with zero attached hydrogens (tertiary/aromatic N) is 1. The Labute approximate surface area is 96.8 Å². The van der Waals surface area contributed by atoms with Crippen molar-refractivity contribution in [3.8, 4) is 0 Å². The van der Waals surface area contributed by atoms with E-state index in [1.54, 1.807) is 0 Å². The Morgan fingerprint density at radius 2 is 2.25 bits per heavy atom. The van der Waals surface area contributed by atoms with Crippen LogP contribution in [0.4, 0.5) is 0 Å². The fourth-order valence-electron chi connectivity index (χ4n) is 1.68. The number of carboxylic acid groups (broad SMARTS) is 1. The van der Waals surface area contributed by atoms with Gasteiger partial charge < -0.3 is 15.2 Å². The average Bonchev–Trinajstić information content (AvgIpc) is 3.05. The highest BCUT2D eigenvalue weighted by Gasteiger charge is 2.29. The molecule has 0 saturated heterocycles. The van der Waals surface area contributed by atoms with E-state index < -0.39 is 12.0 Å². The molecular weight excluding hydrogens is 208 g/mol. The van der Waals surface area contributed by atoms with Crippen molar-refractivity contribution in [2.75, 3.05) is 27.3 Å². The molecule has 16 heavy (non-hydrogen) atoms. The number of aliphatic carboxylic acids is 1. The van der Waals surface area contributed by atoms with Crippen LogP contribution in [0.5, 0.6) is 0 Å². The van der Waals surface area contributed by atoms with Crippen molar-refractivity contribution in [2.45, 2.75) is 37.9 Å². The Morgan fingerprint density at radius 1 is 1.62 bits per heavy atom. The molecule has 0 aromatic carbocycles. The Hall–Kier alpha value is -0.650. The second-order valence-corrected chi connectivity index (χ2v) is 4.50. The summed E-state index contributed by atoms with van der Waals surface area (Å²) < 4.78 is 4.86. The van der Waals surface area contributed by atoms with Gasteiger partial charge in [0, 0.05) is 25.7 Å². The maximum atomic E-state index is 10.9. The lowest BCUT2D eigenvalue weighted by molar-refractivity contribution is -0.140. The molecule has 1 aliphatic rings. The lowest BCUT2D eigenvalue weighted by Crippen LogP contribution is -2.47. The third kappa shape index (κ3) is 4.08. The SMILES string of the molecule is COCC(NCC(C)N(C)C1CC1)C(=O)O. The van der Waals surface area contributed by atoms with Crippen LogP contribution in [0.1, 0.15) is 19.8 Å². The van der Waals surface area contributed by atoms with Crippen molar-refractivity contribution in [2.24, 2.45) is 0 Å². The highest BCUT2D eigenvalue weighted by Crippen LogP contribution is 2.26. The molecule has 1 saturated carbocycles. The van der Waals surface area contributed by atoms with Gasteiger partial charge in [-0.25, -0.2) is 0 Å². The van der Waals surface area contributed by atoms with Gasteiger partial charge in [0.1, 0.15) is 6.04 Å². The van der Waals surface area contributed by atoms with E-state index in [1.807, 2.05) is 0 Å². The first-order valence-corrected chi connectivity index (χ1v) is 5.73. The lowest BCUT2D eigenvalue weighted by Gasteiger charge is -2.26. The summed E-state index contributed by atoms with van der Waals surface area (Å²) in [6.45, 7) is 2.99. The van der Waals surface area contributed by atoms with Gasteiger partial charge in [-0.15, -0.1) is 0 Å². The smallest absolute Gasteiger partial charge is 0.323 e. The molecular formula is C11H22N2O3. The van der Waals surface area contributed by atoms with Gasteiger partial charge in [-0.3, -0.25) is 9.69 Å². The lowest BCUT2D eigenvalue weighted by atomic mass is 10.2. The fourth-order valence-corrected chi connectivity index (χ4v) is 1.68. The third-order valence-electron chi connectivity index (χ3n) is 3.11. The summed E-state index contributed by atoms with van der Waals surface area (Å²) in [4.78, 5) is 13.2. The van der Waals surface area contributed by atoms with Crippen molar-refractivity contribution >= 4 is 5.97 Å². The summed E-state index contributed by atoms with van der Waals surface area (Å²) in [5.41, 5.74) is 0. The zero-order chi connectivity index (χ0) is 12.1. The van der Waals surface area contributed by atoms with E-state index in [0.717, 1.165) is 0 Å². The van der Waals surface area contributed by atoms with Crippen LogP contribution in [0.15, 0.2) is 0 Å². The molecule has 0 spiro atoms. The van der Waals surface area contributed by atoms with Crippen LogP contribution in [0.2, 0.25) is 0 Å². The Morgan fingerprint density at radius 3 is 2.69 bits per heavy atom. The summed E-state index contributed by atoms with van der Waals surface area (Å²) >= 11 is 0. The average molecular weight is 230 g/mol. The minimum Gasteiger partial charge on any atom is -0.480 e. The Kier molecular flexibility index (Phi) is 5.18. The summed E-state index contributed by atoms with van der Waals surface area (Å²) in [5, 5.41) is 11.9. The molecule has 94 valence electrons. The molecule has 0 heterocycles. The van der Waals surface area contributed by atoms with Crippen molar-refractivity contribution in [3.05, 3.63) is 0 Å². The van der Waals surface area contributed by atoms with Gasteiger partial charge in [0.15, 0.2) is 0 Å². The van der Waals surface area contributed by atoms with Gasteiger partial charge in [0.05, 0.1) is 6.61 Å². The largest absolute Gasteiger partial charge is 0.480 e. The fraction of sp³-hybridized carbons (Fsp3) is 0.909. The predicted octanol–water partition coefficient (Wildman–Crippen LogP) is 0.158. The number of methoxy groups -OCH3 is 1. The topological polar surface area (TPSA) is 61.8 Å². The van der Waals surface area contributed by atoms with Gasteiger partial charge >= 0.3 is 5.97 Å². The molecule has 0 aromatic rings. The number of hydrogen-bond donors (Lipinski definition) is 2. The van der Waals surface area contributed by atoms with Crippen LogP contribution in [-0.2, 0) is 9.53 Å². The molecule has 0 amide bonds. The number of ether oxygens (including phenoxy) is 1. The first-order chi connectivity index (χ1) is 7.56. The maximum Gasteiger partial charge on any atom is 0.323 e. The van der Waals surface area contributed by atoms with Crippen LogP contribution in [0.25, 0.3) is 0 Å². The number of likely N-dealkylation sites (N-methyl/N-ethyl adjacent to an activating group) is 1. The van der Waals surface area contributed by atoms with E-state index in [-0.39, 0.29) is 6.61 Å². The molecule has 5 nitrogen and oxygen atoms in total. The quantitative estimate of drug-likeness (QED) is 0.622. The first kappa shape index (κ1) is 13.4. The van der Waals surface area contributed by atoms with E-state index in [9.17, 15) is 4.79 Å². The summed E-state index contributed by atoms with van der Waals surface area (Å²) in [7, 11) is 3.60. The Balaban J connectivity index is 2.27. The van der Waals surface area contributed by atoms with E-state index in [2.05, 4.69) is 24.2 Å². The maximum absolute atomic E-state index is 10.9. The minimum atomic E-state index is -0.858. The molecule has 0 aromatic heterocycles. The van der Waals surface area contributed by atoms with E-state index in [4.69, 9.17) is 9.84 Å². The molecule has 2 unspecified atom stereocenters. The second kappa shape index (κ2) is 6.18. The molecule has 1 aliphatic carbocycles. The number of carbonyl (C=O) groups is 1. The highest BCUT2D eigenvalue weighted by molar-refractivity contribution is 5.73. The number of rotatable bonds is 8. The number of hydrogen-bond acceptors (Lipinski definition) is 4.